The van der Waals surface area contributed by atoms with E-state index in [1.807, 2.05) is 38.2 Å². The number of hydrogen-bond acceptors (Lipinski definition) is 4. The molecule has 0 aliphatic heterocycles. The van der Waals surface area contributed by atoms with Crippen LogP contribution in [0.2, 0.25) is 0 Å². The molecule has 1 heterocycles. The lowest BCUT2D eigenvalue weighted by Gasteiger charge is -2.08. The van der Waals surface area contributed by atoms with E-state index in [2.05, 4.69) is 26.0 Å². The van der Waals surface area contributed by atoms with Crippen LogP contribution in [0, 0.1) is 6.92 Å². The van der Waals surface area contributed by atoms with Crippen molar-refractivity contribution in [1.29, 1.82) is 0 Å². The predicted octanol–water partition coefficient (Wildman–Crippen LogP) is 3.02. The highest BCUT2D eigenvalue weighted by Gasteiger charge is 2.20. The smallest absolute Gasteiger partial charge is 0.242 e. The number of thiophene rings is 1. The fourth-order valence-corrected chi connectivity index (χ4v) is 5.60. The first-order valence-corrected chi connectivity index (χ1v) is 9.50. The van der Waals surface area contributed by atoms with Gasteiger partial charge in [0.25, 0.3) is 0 Å². The minimum absolute atomic E-state index is 0.290. The Morgan fingerprint density at radius 2 is 1.95 bits per heavy atom. The SMILES string of the molecule is CNCc1cc(S(=O)(=O)NCc2ccccc2C)c(Br)s1. The topological polar surface area (TPSA) is 58.2 Å². The standard InChI is InChI=1S/C14H17BrN2O2S2/c1-10-5-3-4-6-11(10)8-17-21(18,19)13-7-12(9-16-2)20-14(13)15/h3-7,16-17H,8-9H2,1-2H3. The number of halogens is 1. The van der Waals surface area contributed by atoms with Crippen LogP contribution in [0.25, 0.3) is 0 Å². The molecule has 4 nitrogen and oxygen atoms in total. The molecule has 21 heavy (non-hydrogen) atoms. The van der Waals surface area contributed by atoms with Crippen molar-refractivity contribution < 1.29 is 8.42 Å². The largest absolute Gasteiger partial charge is 0.315 e. The first-order valence-electron chi connectivity index (χ1n) is 6.41. The zero-order valence-electron chi connectivity index (χ0n) is 11.8. The van der Waals surface area contributed by atoms with Crippen LogP contribution in [0.1, 0.15) is 16.0 Å². The second-order valence-electron chi connectivity index (χ2n) is 4.63. The number of benzene rings is 1. The monoisotopic (exact) mass is 388 g/mol. The van der Waals surface area contributed by atoms with Gasteiger partial charge in [0, 0.05) is 18.0 Å². The highest BCUT2D eigenvalue weighted by molar-refractivity contribution is 9.11. The van der Waals surface area contributed by atoms with Crippen LogP contribution in [0.4, 0.5) is 0 Å². The van der Waals surface area contributed by atoms with E-state index in [0.29, 0.717) is 21.8 Å². The Balaban J connectivity index is 2.17. The van der Waals surface area contributed by atoms with Crippen molar-refractivity contribution >= 4 is 37.3 Å². The Morgan fingerprint density at radius 3 is 2.62 bits per heavy atom. The first-order chi connectivity index (χ1) is 9.94. The number of nitrogens with one attached hydrogen (secondary N) is 2. The molecule has 1 aromatic heterocycles. The molecule has 0 aliphatic carbocycles. The first kappa shape index (κ1) is 16.6. The fraction of sp³-hybridized carbons (Fsp3) is 0.286. The van der Waals surface area contributed by atoms with Gasteiger partial charge in [-0.1, -0.05) is 24.3 Å². The van der Waals surface area contributed by atoms with Crippen LogP contribution >= 0.6 is 27.3 Å². The molecule has 0 radical (unpaired) electrons. The number of sulfonamides is 1. The van der Waals surface area contributed by atoms with Crippen LogP contribution in [0.3, 0.4) is 0 Å². The van der Waals surface area contributed by atoms with Crippen LogP contribution in [0.15, 0.2) is 39.0 Å². The van der Waals surface area contributed by atoms with Crippen molar-refractivity contribution in [2.75, 3.05) is 7.05 Å². The van der Waals surface area contributed by atoms with Gasteiger partial charge in [-0.3, -0.25) is 0 Å². The van der Waals surface area contributed by atoms with Crippen molar-refractivity contribution in [1.82, 2.24) is 10.0 Å². The Hall–Kier alpha value is -0.730. The lowest BCUT2D eigenvalue weighted by Crippen LogP contribution is -2.23. The summed E-state index contributed by atoms with van der Waals surface area (Å²) >= 11 is 4.76. The minimum Gasteiger partial charge on any atom is -0.315 e. The molecule has 114 valence electrons. The summed E-state index contributed by atoms with van der Waals surface area (Å²) in [6.45, 7) is 2.91. The maximum atomic E-state index is 12.4. The average Bonchev–Trinajstić information content (AvgIpc) is 2.80. The average molecular weight is 389 g/mol. The van der Waals surface area contributed by atoms with Crippen molar-refractivity contribution in [2.24, 2.45) is 0 Å². The van der Waals surface area contributed by atoms with Gasteiger partial charge in [-0.15, -0.1) is 11.3 Å². The van der Waals surface area contributed by atoms with Crippen molar-refractivity contribution in [3.63, 3.8) is 0 Å². The molecular formula is C14H17BrN2O2S2. The molecule has 0 saturated heterocycles. The second kappa shape index (κ2) is 7.02. The summed E-state index contributed by atoms with van der Waals surface area (Å²) in [7, 11) is -1.69. The molecule has 2 N–H and O–H groups in total. The van der Waals surface area contributed by atoms with Gasteiger partial charge in [0.05, 0.1) is 3.79 Å². The Morgan fingerprint density at radius 1 is 1.24 bits per heavy atom. The minimum atomic E-state index is -3.52. The van der Waals surface area contributed by atoms with E-state index in [1.165, 1.54) is 11.3 Å². The van der Waals surface area contributed by atoms with Gasteiger partial charge < -0.3 is 5.32 Å². The molecule has 0 bridgehead atoms. The molecule has 1 aromatic carbocycles. The van der Waals surface area contributed by atoms with Crippen LogP contribution in [-0.4, -0.2) is 15.5 Å². The Kier molecular flexibility index (Phi) is 5.56. The van der Waals surface area contributed by atoms with E-state index in [9.17, 15) is 8.42 Å². The quantitative estimate of drug-likeness (QED) is 0.799. The normalized spacial score (nSPS) is 11.8. The molecular weight excluding hydrogens is 372 g/mol. The van der Waals surface area contributed by atoms with Gasteiger partial charge in [-0.2, -0.15) is 0 Å². The summed E-state index contributed by atoms with van der Waals surface area (Å²) in [6, 6.07) is 9.43. The second-order valence-corrected chi connectivity index (χ2v) is 8.82. The van der Waals surface area contributed by atoms with E-state index < -0.39 is 10.0 Å². The number of rotatable bonds is 6. The molecule has 7 heteroatoms. The summed E-state index contributed by atoms with van der Waals surface area (Å²) in [6.07, 6.45) is 0. The van der Waals surface area contributed by atoms with Gasteiger partial charge in [-0.25, -0.2) is 13.1 Å². The summed E-state index contributed by atoms with van der Waals surface area (Å²) in [5, 5.41) is 3.02. The lowest BCUT2D eigenvalue weighted by molar-refractivity contribution is 0.581. The van der Waals surface area contributed by atoms with E-state index in [0.717, 1.165) is 16.0 Å². The highest BCUT2D eigenvalue weighted by Crippen LogP contribution is 2.31. The maximum absolute atomic E-state index is 12.4. The zero-order chi connectivity index (χ0) is 15.5. The molecule has 0 unspecified atom stereocenters. The zero-order valence-corrected chi connectivity index (χ0v) is 15.0. The Bertz CT molecular complexity index is 726. The van der Waals surface area contributed by atoms with E-state index >= 15 is 0 Å². The van der Waals surface area contributed by atoms with Crippen molar-refractivity contribution in [2.45, 2.75) is 24.9 Å². The molecule has 0 atom stereocenters. The molecule has 0 saturated carbocycles. The van der Waals surface area contributed by atoms with Gasteiger partial charge >= 0.3 is 0 Å². The van der Waals surface area contributed by atoms with Crippen molar-refractivity contribution in [3.05, 3.63) is 50.1 Å². The van der Waals surface area contributed by atoms with Crippen LogP contribution in [-0.2, 0) is 23.1 Å². The summed E-state index contributed by atoms with van der Waals surface area (Å²) < 4.78 is 28.1. The summed E-state index contributed by atoms with van der Waals surface area (Å²) in [5.74, 6) is 0. The molecule has 2 aromatic rings. The molecule has 2 rings (SSSR count). The van der Waals surface area contributed by atoms with Crippen LogP contribution < -0.4 is 10.0 Å². The van der Waals surface area contributed by atoms with Crippen molar-refractivity contribution in [3.8, 4) is 0 Å². The number of hydrogen-bond donors (Lipinski definition) is 2. The molecule has 0 aliphatic rings. The third kappa shape index (κ3) is 4.14. The van der Waals surface area contributed by atoms with Gasteiger partial charge in [0.15, 0.2) is 0 Å². The summed E-state index contributed by atoms with van der Waals surface area (Å²) in [4.78, 5) is 1.27. The van der Waals surface area contributed by atoms with E-state index in [4.69, 9.17) is 0 Å². The summed E-state index contributed by atoms with van der Waals surface area (Å²) in [5.41, 5.74) is 2.04. The maximum Gasteiger partial charge on any atom is 0.242 e. The van der Waals surface area contributed by atoms with Crippen LogP contribution in [0.5, 0.6) is 0 Å². The number of aryl methyl sites for hydroxylation is 1. The third-order valence-corrected chi connectivity index (χ3v) is 6.71. The van der Waals surface area contributed by atoms with Gasteiger partial charge in [0.2, 0.25) is 10.0 Å². The molecule has 0 amide bonds. The van der Waals surface area contributed by atoms with Gasteiger partial charge in [0.1, 0.15) is 4.90 Å². The third-order valence-electron chi connectivity index (χ3n) is 3.06. The molecule has 0 spiro atoms. The van der Waals surface area contributed by atoms with E-state index in [-0.39, 0.29) is 0 Å². The highest BCUT2D eigenvalue weighted by atomic mass is 79.9. The predicted molar refractivity (Wildman–Crippen MR) is 90.0 cm³/mol. The fourth-order valence-electron chi connectivity index (χ4n) is 1.90. The lowest BCUT2D eigenvalue weighted by atomic mass is 10.1. The Labute approximate surface area is 137 Å². The molecule has 0 fully saturated rings. The van der Waals surface area contributed by atoms with E-state index in [1.54, 1.807) is 6.07 Å². The van der Waals surface area contributed by atoms with Gasteiger partial charge in [-0.05, 0) is 47.1 Å².